The second-order valence-corrected chi connectivity index (χ2v) is 8.62. The van der Waals surface area contributed by atoms with Gasteiger partial charge in [-0.3, -0.25) is 9.52 Å². The fourth-order valence-electron chi connectivity index (χ4n) is 2.46. The molecular formula is C21H28N2O5S. The van der Waals surface area contributed by atoms with Gasteiger partial charge in [0.1, 0.15) is 5.75 Å². The Hall–Kier alpha value is -2.58. The molecule has 0 unspecified atom stereocenters. The number of rotatable bonds is 11. The largest absolute Gasteiger partial charge is 0.497 e. The van der Waals surface area contributed by atoms with Crippen LogP contribution in [-0.2, 0) is 14.8 Å². The zero-order valence-corrected chi connectivity index (χ0v) is 17.8. The first-order valence-corrected chi connectivity index (χ1v) is 10.9. The van der Waals surface area contributed by atoms with Crippen molar-refractivity contribution in [3.63, 3.8) is 0 Å². The van der Waals surface area contributed by atoms with E-state index in [-0.39, 0.29) is 10.8 Å². The smallest absolute Gasteiger partial charge is 0.261 e. The molecule has 7 nitrogen and oxygen atoms in total. The summed E-state index contributed by atoms with van der Waals surface area (Å²) >= 11 is 0. The highest BCUT2D eigenvalue weighted by molar-refractivity contribution is 7.92. The molecule has 2 aromatic carbocycles. The Morgan fingerprint density at radius 3 is 2.28 bits per heavy atom. The minimum atomic E-state index is -3.75. The molecule has 0 bridgehead atoms. The van der Waals surface area contributed by atoms with Crippen LogP contribution in [0, 0.1) is 5.92 Å². The third-order valence-corrected chi connectivity index (χ3v) is 5.37. The number of sulfonamides is 1. The summed E-state index contributed by atoms with van der Waals surface area (Å²) in [5.41, 5.74) is 0.823. The van der Waals surface area contributed by atoms with Crippen molar-refractivity contribution in [2.75, 3.05) is 31.6 Å². The van der Waals surface area contributed by atoms with Gasteiger partial charge in [-0.1, -0.05) is 13.8 Å². The zero-order valence-electron chi connectivity index (χ0n) is 17.0. The molecule has 0 spiro atoms. The van der Waals surface area contributed by atoms with Crippen molar-refractivity contribution in [3.05, 3.63) is 54.1 Å². The summed E-state index contributed by atoms with van der Waals surface area (Å²) in [5, 5.41) is 2.80. The molecule has 2 rings (SSSR count). The summed E-state index contributed by atoms with van der Waals surface area (Å²) in [4.78, 5) is 12.2. The van der Waals surface area contributed by atoms with Crippen LogP contribution < -0.4 is 14.8 Å². The number of carbonyl (C=O) groups is 1. The maximum atomic E-state index is 12.5. The fourth-order valence-corrected chi connectivity index (χ4v) is 3.51. The van der Waals surface area contributed by atoms with E-state index in [2.05, 4.69) is 23.9 Å². The van der Waals surface area contributed by atoms with Crippen molar-refractivity contribution in [3.8, 4) is 5.75 Å². The number of ether oxygens (including phenoxy) is 2. The van der Waals surface area contributed by atoms with Gasteiger partial charge in [0, 0.05) is 31.0 Å². The lowest BCUT2D eigenvalue weighted by Crippen LogP contribution is -2.25. The van der Waals surface area contributed by atoms with Crippen molar-refractivity contribution in [1.82, 2.24) is 5.32 Å². The highest BCUT2D eigenvalue weighted by Gasteiger charge is 2.15. The highest BCUT2D eigenvalue weighted by Crippen LogP contribution is 2.19. The fraction of sp³-hybridized carbons (Fsp3) is 0.381. The average molecular weight is 421 g/mol. The zero-order chi connectivity index (χ0) is 21.3. The number of methoxy groups -OCH3 is 1. The molecule has 29 heavy (non-hydrogen) atoms. The van der Waals surface area contributed by atoms with Gasteiger partial charge in [0.15, 0.2) is 0 Å². The lowest BCUT2D eigenvalue weighted by molar-refractivity contribution is 0.0925. The number of amides is 1. The Bertz CT molecular complexity index is 878. The van der Waals surface area contributed by atoms with Gasteiger partial charge in [0.05, 0.1) is 12.0 Å². The number of anilines is 1. The molecule has 0 atom stereocenters. The Balaban J connectivity index is 1.88. The van der Waals surface area contributed by atoms with Crippen molar-refractivity contribution >= 4 is 21.6 Å². The van der Waals surface area contributed by atoms with Gasteiger partial charge in [-0.2, -0.15) is 0 Å². The molecule has 0 saturated heterocycles. The van der Waals surface area contributed by atoms with Gasteiger partial charge in [0.2, 0.25) is 0 Å². The van der Waals surface area contributed by atoms with Crippen LogP contribution in [0.15, 0.2) is 53.4 Å². The standard InChI is InChI=1S/C21H28N2O5S/c1-16(2)15-28-14-4-13-22-21(24)17-5-11-20(12-6-17)29(25,26)23-18-7-9-19(27-3)10-8-18/h5-12,16,23H,4,13-15H2,1-3H3,(H,22,24). The minimum Gasteiger partial charge on any atom is -0.497 e. The van der Waals surface area contributed by atoms with E-state index in [1.54, 1.807) is 24.3 Å². The van der Waals surface area contributed by atoms with E-state index in [4.69, 9.17) is 9.47 Å². The second kappa shape index (κ2) is 10.8. The van der Waals surface area contributed by atoms with E-state index in [0.29, 0.717) is 42.7 Å². The van der Waals surface area contributed by atoms with Gasteiger partial charge in [-0.25, -0.2) is 8.42 Å². The van der Waals surface area contributed by atoms with Crippen molar-refractivity contribution in [2.45, 2.75) is 25.2 Å². The molecule has 2 N–H and O–H groups in total. The molecule has 2 aromatic rings. The third-order valence-electron chi connectivity index (χ3n) is 3.97. The van der Waals surface area contributed by atoms with E-state index in [0.717, 1.165) is 6.42 Å². The van der Waals surface area contributed by atoms with E-state index in [9.17, 15) is 13.2 Å². The Kier molecular flexibility index (Phi) is 8.48. The molecule has 158 valence electrons. The topological polar surface area (TPSA) is 93.7 Å². The Morgan fingerprint density at radius 2 is 1.69 bits per heavy atom. The Morgan fingerprint density at radius 1 is 1.03 bits per heavy atom. The summed E-state index contributed by atoms with van der Waals surface area (Å²) in [6, 6.07) is 12.4. The molecule has 0 aliphatic heterocycles. The van der Waals surface area contributed by atoms with Crippen LogP contribution >= 0.6 is 0 Å². The van der Waals surface area contributed by atoms with Gasteiger partial charge in [0.25, 0.3) is 15.9 Å². The quantitative estimate of drug-likeness (QED) is 0.544. The van der Waals surface area contributed by atoms with Gasteiger partial charge in [-0.05, 0) is 60.9 Å². The number of benzene rings is 2. The molecule has 0 fully saturated rings. The lowest BCUT2D eigenvalue weighted by atomic mass is 10.2. The number of hydrogen-bond acceptors (Lipinski definition) is 5. The average Bonchev–Trinajstić information content (AvgIpc) is 2.70. The van der Waals surface area contributed by atoms with Crippen LogP contribution in [0.25, 0.3) is 0 Å². The van der Waals surface area contributed by atoms with Crippen molar-refractivity contribution < 1.29 is 22.7 Å². The monoisotopic (exact) mass is 420 g/mol. The van der Waals surface area contributed by atoms with E-state index < -0.39 is 10.0 Å². The van der Waals surface area contributed by atoms with Crippen LogP contribution in [-0.4, -0.2) is 41.2 Å². The first-order chi connectivity index (χ1) is 13.8. The number of carbonyl (C=O) groups excluding carboxylic acids is 1. The summed E-state index contributed by atoms with van der Waals surface area (Å²) in [7, 11) is -2.21. The van der Waals surface area contributed by atoms with Gasteiger partial charge in [-0.15, -0.1) is 0 Å². The number of hydrogen-bond donors (Lipinski definition) is 2. The normalized spacial score (nSPS) is 11.3. The highest BCUT2D eigenvalue weighted by atomic mass is 32.2. The maximum Gasteiger partial charge on any atom is 0.261 e. The van der Waals surface area contributed by atoms with Crippen molar-refractivity contribution in [2.24, 2.45) is 5.92 Å². The Labute approximate surface area is 172 Å². The summed E-state index contributed by atoms with van der Waals surface area (Å²) in [5.74, 6) is 0.870. The van der Waals surface area contributed by atoms with Gasteiger partial charge >= 0.3 is 0 Å². The van der Waals surface area contributed by atoms with Crippen molar-refractivity contribution in [1.29, 1.82) is 0 Å². The molecular weight excluding hydrogens is 392 g/mol. The molecule has 8 heteroatoms. The minimum absolute atomic E-state index is 0.0759. The molecule has 0 radical (unpaired) electrons. The van der Waals surface area contributed by atoms with Gasteiger partial charge < -0.3 is 14.8 Å². The van der Waals surface area contributed by atoms with E-state index >= 15 is 0 Å². The van der Waals surface area contributed by atoms with Crippen LogP contribution in [0.5, 0.6) is 5.75 Å². The molecule has 1 amide bonds. The third kappa shape index (κ3) is 7.40. The first-order valence-electron chi connectivity index (χ1n) is 9.44. The molecule has 0 saturated carbocycles. The maximum absolute atomic E-state index is 12.5. The predicted octanol–water partition coefficient (Wildman–Crippen LogP) is 3.29. The SMILES string of the molecule is COc1ccc(NS(=O)(=O)c2ccc(C(=O)NCCCOCC(C)C)cc2)cc1. The van der Waals surface area contributed by atoms with Crippen LogP contribution in [0.3, 0.4) is 0 Å². The van der Waals surface area contributed by atoms with Crippen LogP contribution in [0.2, 0.25) is 0 Å². The molecule has 0 aliphatic carbocycles. The molecule has 0 aromatic heterocycles. The summed E-state index contributed by atoms with van der Waals surface area (Å²) in [6.45, 7) is 5.95. The first kappa shape index (κ1) is 22.7. The van der Waals surface area contributed by atoms with E-state index in [1.165, 1.54) is 31.4 Å². The van der Waals surface area contributed by atoms with E-state index in [1.807, 2.05) is 0 Å². The molecule has 0 heterocycles. The summed E-state index contributed by atoms with van der Waals surface area (Å²) < 4.78 is 38.0. The number of nitrogens with one attached hydrogen (secondary N) is 2. The molecule has 0 aliphatic rings. The van der Waals surface area contributed by atoms with Crippen LogP contribution in [0.1, 0.15) is 30.6 Å². The lowest BCUT2D eigenvalue weighted by Gasteiger charge is -2.10. The van der Waals surface area contributed by atoms with Crippen LogP contribution in [0.4, 0.5) is 5.69 Å². The second-order valence-electron chi connectivity index (χ2n) is 6.94. The summed E-state index contributed by atoms with van der Waals surface area (Å²) in [6.07, 6.45) is 0.719. The predicted molar refractivity (Wildman–Crippen MR) is 113 cm³/mol.